The molecule has 0 aromatic heterocycles. The number of nitrogens with zero attached hydrogens (tertiary/aromatic N) is 2. The van der Waals surface area contributed by atoms with E-state index >= 15 is 0 Å². The smallest absolute Gasteiger partial charge is 0.387 e. The molecule has 2 aliphatic heterocycles. The third-order valence-electron chi connectivity index (χ3n) is 7.49. The predicted octanol–water partition coefficient (Wildman–Crippen LogP) is 5.90. The summed E-state index contributed by atoms with van der Waals surface area (Å²) >= 11 is 6.11. The van der Waals surface area contributed by atoms with E-state index in [0.717, 1.165) is 57.8 Å². The van der Waals surface area contributed by atoms with Crippen molar-refractivity contribution in [1.29, 1.82) is 0 Å². The zero-order valence-electron chi connectivity index (χ0n) is 21.9. The molecule has 0 bridgehead atoms. The van der Waals surface area contributed by atoms with Crippen LogP contribution in [0.3, 0.4) is 0 Å². The number of rotatable bonds is 7. The van der Waals surface area contributed by atoms with Crippen LogP contribution in [0, 0.1) is 11.6 Å². The maximum absolute atomic E-state index is 13.2. The van der Waals surface area contributed by atoms with Gasteiger partial charge in [0.25, 0.3) is 0 Å². The molecule has 2 saturated heterocycles. The number of ether oxygens (including phenoxy) is 1. The largest absolute Gasteiger partial charge is 0.433 e. The van der Waals surface area contributed by atoms with Gasteiger partial charge in [-0.1, -0.05) is 43.6 Å². The second-order valence-electron chi connectivity index (χ2n) is 9.96. The summed E-state index contributed by atoms with van der Waals surface area (Å²) in [4.78, 5) is 4.51. The number of alkyl halides is 2. The summed E-state index contributed by atoms with van der Waals surface area (Å²) in [7, 11) is 0. The number of hydrogen-bond acceptors (Lipinski definition) is 5. The molecule has 0 amide bonds. The molecular weight excluding hydrogens is 524 g/mol. The zero-order valence-corrected chi connectivity index (χ0v) is 22.7. The van der Waals surface area contributed by atoms with Crippen LogP contribution in [-0.2, 0) is 11.2 Å². The SMILES string of the molecule is CCCN1CCC(O)(c2ccc(F)c(F)c2)CC1.CCN1CCC(O)(c2cccc(OC(F)F)c2Cl)CC1. The van der Waals surface area contributed by atoms with Crippen molar-refractivity contribution in [3.8, 4) is 5.75 Å². The number of hydrogen-bond donors (Lipinski definition) is 2. The average molecular weight is 561 g/mol. The van der Waals surface area contributed by atoms with Gasteiger partial charge in [-0.25, -0.2) is 8.78 Å². The van der Waals surface area contributed by atoms with E-state index in [1.807, 2.05) is 0 Å². The lowest BCUT2D eigenvalue weighted by atomic mass is 9.84. The Labute approximate surface area is 227 Å². The van der Waals surface area contributed by atoms with Crippen LogP contribution < -0.4 is 4.74 Å². The van der Waals surface area contributed by atoms with Crippen LogP contribution in [0.25, 0.3) is 0 Å². The number of piperidine rings is 2. The molecule has 2 aliphatic rings. The minimum Gasteiger partial charge on any atom is -0.433 e. The fourth-order valence-electron chi connectivity index (χ4n) is 5.10. The first-order chi connectivity index (χ1) is 18.0. The van der Waals surface area contributed by atoms with Crippen molar-refractivity contribution >= 4 is 11.6 Å². The van der Waals surface area contributed by atoms with E-state index in [1.165, 1.54) is 12.1 Å². The molecule has 0 unspecified atom stereocenters. The molecule has 4 rings (SSSR count). The summed E-state index contributed by atoms with van der Waals surface area (Å²) in [6.07, 6.45) is 3.27. The fourth-order valence-corrected chi connectivity index (χ4v) is 5.45. The number of likely N-dealkylation sites (tertiary alicyclic amines) is 2. The number of halogens is 5. The first-order valence-corrected chi connectivity index (χ1v) is 13.5. The highest BCUT2D eigenvalue weighted by Crippen LogP contribution is 2.41. The molecule has 5 nitrogen and oxygen atoms in total. The highest BCUT2D eigenvalue weighted by atomic mass is 35.5. The van der Waals surface area contributed by atoms with Gasteiger partial charge in [-0.15, -0.1) is 0 Å². The Morgan fingerprint density at radius 1 is 0.895 bits per heavy atom. The topological polar surface area (TPSA) is 56.2 Å². The van der Waals surface area contributed by atoms with Crippen molar-refractivity contribution < 1.29 is 32.5 Å². The van der Waals surface area contributed by atoms with Crippen LogP contribution in [0.2, 0.25) is 5.02 Å². The van der Waals surface area contributed by atoms with Crippen LogP contribution in [-0.4, -0.2) is 65.9 Å². The Morgan fingerprint density at radius 2 is 1.50 bits per heavy atom. The zero-order chi connectivity index (χ0) is 27.9. The molecule has 2 aromatic carbocycles. The van der Waals surface area contributed by atoms with Gasteiger partial charge in [0, 0.05) is 31.7 Å². The van der Waals surface area contributed by atoms with Crippen molar-refractivity contribution in [2.24, 2.45) is 0 Å². The molecule has 2 N–H and O–H groups in total. The normalized spacial score (nSPS) is 19.6. The van der Waals surface area contributed by atoms with Gasteiger partial charge in [-0.05, 0) is 69.0 Å². The Morgan fingerprint density at radius 3 is 2.05 bits per heavy atom. The summed E-state index contributed by atoms with van der Waals surface area (Å²) in [6, 6.07) is 8.30. The fraction of sp³-hybridized carbons (Fsp3) is 0.571. The van der Waals surface area contributed by atoms with Gasteiger partial charge >= 0.3 is 6.61 Å². The Bertz CT molecular complexity index is 1040. The van der Waals surface area contributed by atoms with Crippen molar-refractivity contribution in [3.63, 3.8) is 0 Å². The van der Waals surface area contributed by atoms with Gasteiger partial charge in [-0.2, -0.15) is 8.78 Å². The van der Waals surface area contributed by atoms with Crippen molar-refractivity contribution in [1.82, 2.24) is 9.80 Å². The van der Waals surface area contributed by atoms with E-state index in [4.69, 9.17) is 11.6 Å². The van der Waals surface area contributed by atoms with Crippen LogP contribution in [0.4, 0.5) is 17.6 Å². The molecule has 0 radical (unpaired) electrons. The molecule has 212 valence electrons. The maximum atomic E-state index is 13.2. The van der Waals surface area contributed by atoms with Crippen molar-refractivity contribution in [3.05, 3.63) is 64.2 Å². The minimum atomic E-state index is -2.93. The van der Waals surface area contributed by atoms with Gasteiger partial charge in [-0.3, -0.25) is 0 Å². The summed E-state index contributed by atoms with van der Waals surface area (Å²) in [5.41, 5.74) is -1.14. The molecule has 2 heterocycles. The lowest BCUT2D eigenvalue weighted by Gasteiger charge is -2.38. The van der Waals surface area contributed by atoms with E-state index in [-0.39, 0.29) is 10.8 Å². The molecule has 2 fully saturated rings. The highest BCUT2D eigenvalue weighted by molar-refractivity contribution is 6.33. The summed E-state index contributed by atoms with van der Waals surface area (Å²) in [5.74, 6) is -1.85. The third kappa shape index (κ3) is 7.60. The molecule has 38 heavy (non-hydrogen) atoms. The lowest BCUT2D eigenvalue weighted by molar-refractivity contribution is -0.0510. The molecule has 0 atom stereocenters. The van der Waals surface area contributed by atoms with Crippen molar-refractivity contribution in [2.75, 3.05) is 39.3 Å². The molecule has 2 aromatic rings. The molecule has 0 saturated carbocycles. The van der Waals surface area contributed by atoms with E-state index in [1.54, 1.807) is 12.1 Å². The van der Waals surface area contributed by atoms with E-state index in [9.17, 15) is 27.8 Å². The highest BCUT2D eigenvalue weighted by Gasteiger charge is 2.36. The van der Waals surface area contributed by atoms with Crippen LogP contribution in [0.5, 0.6) is 5.75 Å². The van der Waals surface area contributed by atoms with Gasteiger partial charge in [0.2, 0.25) is 0 Å². The van der Waals surface area contributed by atoms with Gasteiger partial charge < -0.3 is 24.7 Å². The second-order valence-corrected chi connectivity index (χ2v) is 10.3. The Kier molecular flexibility index (Phi) is 10.8. The Balaban J connectivity index is 0.000000212. The monoisotopic (exact) mass is 560 g/mol. The first kappa shape index (κ1) is 30.6. The van der Waals surface area contributed by atoms with Crippen LogP contribution in [0.15, 0.2) is 36.4 Å². The summed E-state index contributed by atoms with van der Waals surface area (Å²) in [6.45, 7) is 6.30. The summed E-state index contributed by atoms with van der Waals surface area (Å²) < 4.78 is 55.1. The van der Waals surface area contributed by atoms with E-state index in [0.29, 0.717) is 36.8 Å². The minimum absolute atomic E-state index is 0.0697. The third-order valence-corrected chi connectivity index (χ3v) is 7.88. The second kappa shape index (κ2) is 13.4. The molecule has 0 aliphatic carbocycles. The lowest BCUT2D eigenvalue weighted by Crippen LogP contribution is -2.42. The van der Waals surface area contributed by atoms with Gasteiger partial charge in [0.1, 0.15) is 5.75 Å². The van der Waals surface area contributed by atoms with E-state index in [2.05, 4.69) is 28.4 Å². The summed E-state index contributed by atoms with van der Waals surface area (Å²) in [5, 5.41) is 21.3. The van der Waals surface area contributed by atoms with E-state index < -0.39 is 29.4 Å². The average Bonchev–Trinajstić information content (AvgIpc) is 2.89. The number of benzene rings is 2. The van der Waals surface area contributed by atoms with Gasteiger partial charge in [0.15, 0.2) is 11.6 Å². The van der Waals surface area contributed by atoms with Crippen molar-refractivity contribution in [2.45, 2.75) is 63.8 Å². The van der Waals surface area contributed by atoms with Gasteiger partial charge in [0.05, 0.1) is 16.2 Å². The molecule has 0 spiro atoms. The maximum Gasteiger partial charge on any atom is 0.387 e. The van der Waals surface area contributed by atoms with Crippen LogP contribution in [0.1, 0.15) is 57.1 Å². The molecule has 10 heteroatoms. The number of aliphatic hydroxyl groups is 2. The predicted molar refractivity (Wildman–Crippen MR) is 140 cm³/mol. The molecular formula is C28H37ClF4N2O3. The Hall–Kier alpha value is -1.91. The first-order valence-electron chi connectivity index (χ1n) is 13.1. The standard InChI is InChI=1S/C14H18ClF2NO2.C14H19F2NO/c1-2-18-8-6-14(19,7-9-18)10-4-3-5-11(12(10)15)20-13(16)17;1-2-7-17-8-5-14(18,6-9-17)11-3-4-12(15)13(16)10-11/h3-5,13,19H,2,6-9H2,1H3;3-4,10,18H,2,5-9H2,1H3. The van der Waals surface area contributed by atoms with Crippen LogP contribution >= 0.6 is 11.6 Å². The quantitative estimate of drug-likeness (QED) is 0.413.